The first-order valence-electron chi connectivity index (χ1n) is 7.19. The van der Waals surface area contributed by atoms with Crippen molar-refractivity contribution in [3.63, 3.8) is 0 Å². The van der Waals surface area contributed by atoms with E-state index in [4.69, 9.17) is 10.00 Å². The number of ether oxygens (including phenoxy) is 1. The van der Waals surface area contributed by atoms with E-state index in [0.29, 0.717) is 13.0 Å². The van der Waals surface area contributed by atoms with Crippen LogP contribution in [-0.4, -0.2) is 24.6 Å². The lowest BCUT2D eigenvalue weighted by atomic mass is 10.2. The quantitative estimate of drug-likeness (QED) is 0.704. The standard InChI is InChI=1S/C16H22N2O/c17-9-2-1-5-12-19-16-8-6-7-15(13-16)14-18-10-3-4-11-18/h6-8,13H,1-5,10-12,14H2. The van der Waals surface area contributed by atoms with Crippen LogP contribution in [0.3, 0.4) is 0 Å². The predicted octanol–water partition coefficient (Wildman–Crippen LogP) is 3.36. The van der Waals surface area contributed by atoms with Gasteiger partial charge in [0.15, 0.2) is 0 Å². The summed E-state index contributed by atoms with van der Waals surface area (Å²) in [7, 11) is 0. The molecule has 3 heteroatoms. The summed E-state index contributed by atoms with van der Waals surface area (Å²) < 4.78 is 5.73. The molecule has 0 aromatic heterocycles. The van der Waals surface area contributed by atoms with Gasteiger partial charge < -0.3 is 4.74 Å². The lowest BCUT2D eigenvalue weighted by molar-refractivity contribution is 0.304. The van der Waals surface area contributed by atoms with Crippen LogP contribution >= 0.6 is 0 Å². The Hall–Kier alpha value is -1.53. The van der Waals surface area contributed by atoms with Gasteiger partial charge in [0.2, 0.25) is 0 Å². The molecule has 0 spiro atoms. The molecule has 1 saturated heterocycles. The second-order valence-electron chi connectivity index (χ2n) is 5.09. The van der Waals surface area contributed by atoms with Gasteiger partial charge in [-0.05, 0) is 56.5 Å². The van der Waals surface area contributed by atoms with Gasteiger partial charge in [0.25, 0.3) is 0 Å². The Labute approximate surface area is 115 Å². The number of unbranched alkanes of at least 4 members (excludes halogenated alkanes) is 2. The summed E-state index contributed by atoms with van der Waals surface area (Å²) in [5.41, 5.74) is 1.33. The van der Waals surface area contributed by atoms with Crippen molar-refractivity contribution in [2.45, 2.75) is 38.6 Å². The minimum absolute atomic E-state index is 0.623. The Morgan fingerprint density at radius 2 is 2.05 bits per heavy atom. The molecule has 0 unspecified atom stereocenters. The summed E-state index contributed by atoms with van der Waals surface area (Å²) in [6.07, 6.45) is 5.15. The van der Waals surface area contributed by atoms with E-state index in [2.05, 4.69) is 29.2 Å². The lowest BCUT2D eigenvalue weighted by Crippen LogP contribution is -2.18. The first-order valence-corrected chi connectivity index (χ1v) is 7.19. The van der Waals surface area contributed by atoms with E-state index in [1.165, 1.54) is 31.5 Å². The van der Waals surface area contributed by atoms with Gasteiger partial charge in [-0.15, -0.1) is 0 Å². The van der Waals surface area contributed by atoms with Crippen molar-refractivity contribution in [1.82, 2.24) is 4.90 Å². The lowest BCUT2D eigenvalue weighted by Gasteiger charge is -2.15. The Bertz CT molecular complexity index is 419. The van der Waals surface area contributed by atoms with E-state index >= 15 is 0 Å². The van der Waals surface area contributed by atoms with Crippen LogP contribution < -0.4 is 4.74 Å². The molecule has 2 rings (SSSR count). The summed E-state index contributed by atoms with van der Waals surface area (Å²) in [5, 5.41) is 8.46. The number of hydrogen-bond donors (Lipinski definition) is 0. The molecule has 1 heterocycles. The van der Waals surface area contributed by atoms with E-state index in [1.54, 1.807) is 0 Å². The van der Waals surface area contributed by atoms with Crippen molar-refractivity contribution in [3.8, 4) is 11.8 Å². The number of nitriles is 1. The number of rotatable bonds is 7. The molecule has 0 radical (unpaired) electrons. The molecule has 0 bridgehead atoms. The maximum Gasteiger partial charge on any atom is 0.119 e. The topological polar surface area (TPSA) is 36.3 Å². The van der Waals surface area contributed by atoms with E-state index in [0.717, 1.165) is 25.1 Å². The molecular formula is C16H22N2O. The van der Waals surface area contributed by atoms with Crippen LogP contribution in [0.15, 0.2) is 24.3 Å². The van der Waals surface area contributed by atoms with E-state index in [9.17, 15) is 0 Å². The average molecular weight is 258 g/mol. The molecule has 0 amide bonds. The third-order valence-electron chi connectivity index (χ3n) is 3.45. The van der Waals surface area contributed by atoms with Gasteiger partial charge in [-0.2, -0.15) is 5.26 Å². The first kappa shape index (κ1) is 13.9. The Morgan fingerprint density at radius 3 is 2.84 bits per heavy atom. The van der Waals surface area contributed by atoms with E-state index < -0.39 is 0 Å². The Morgan fingerprint density at radius 1 is 1.21 bits per heavy atom. The minimum atomic E-state index is 0.623. The van der Waals surface area contributed by atoms with Crippen molar-refractivity contribution >= 4 is 0 Å². The molecule has 1 fully saturated rings. The highest BCUT2D eigenvalue weighted by Crippen LogP contribution is 2.17. The van der Waals surface area contributed by atoms with Gasteiger partial charge in [0.1, 0.15) is 5.75 Å². The summed E-state index contributed by atoms with van der Waals surface area (Å²) in [6, 6.07) is 10.5. The number of likely N-dealkylation sites (tertiary alicyclic amines) is 1. The third-order valence-corrected chi connectivity index (χ3v) is 3.45. The molecule has 1 aromatic carbocycles. The maximum atomic E-state index is 8.46. The highest BCUT2D eigenvalue weighted by Gasteiger charge is 2.11. The third kappa shape index (κ3) is 4.92. The molecule has 3 nitrogen and oxygen atoms in total. The zero-order chi connectivity index (χ0) is 13.3. The van der Waals surface area contributed by atoms with Crippen LogP contribution in [0.5, 0.6) is 5.75 Å². The van der Waals surface area contributed by atoms with Gasteiger partial charge in [0.05, 0.1) is 12.7 Å². The molecule has 0 saturated carbocycles. The van der Waals surface area contributed by atoms with Gasteiger partial charge in [-0.3, -0.25) is 4.90 Å². The molecule has 1 aliphatic rings. The maximum absolute atomic E-state index is 8.46. The molecule has 0 aliphatic carbocycles. The second-order valence-corrected chi connectivity index (χ2v) is 5.09. The van der Waals surface area contributed by atoms with Crippen LogP contribution in [0.1, 0.15) is 37.7 Å². The fraction of sp³-hybridized carbons (Fsp3) is 0.562. The number of benzene rings is 1. The van der Waals surface area contributed by atoms with Crippen molar-refractivity contribution in [1.29, 1.82) is 5.26 Å². The highest BCUT2D eigenvalue weighted by molar-refractivity contribution is 5.28. The molecule has 19 heavy (non-hydrogen) atoms. The summed E-state index contributed by atoms with van der Waals surface area (Å²) in [6.45, 7) is 4.18. The van der Waals surface area contributed by atoms with E-state index in [1.807, 2.05) is 6.07 Å². The fourth-order valence-corrected chi connectivity index (χ4v) is 2.43. The van der Waals surface area contributed by atoms with Crippen molar-refractivity contribution in [2.75, 3.05) is 19.7 Å². The normalized spacial score (nSPS) is 15.3. The molecular weight excluding hydrogens is 236 g/mol. The molecule has 0 N–H and O–H groups in total. The zero-order valence-corrected chi connectivity index (χ0v) is 11.5. The largest absolute Gasteiger partial charge is 0.494 e. The minimum Gasteiger partial charge on any atom is -0.494 e. The van der Waals surface area contributed by atoms with Crippen LogP contribution in [0.25, 0.3) is 0 Å². The molecule has 0 atom stereocenters. The SMILES string of the molecule is N#CCCCCOc1cccc(CN2CCCC2)c1. The summed E-state index contributed by atoms with van der Waals surface area (Å²) >= 11 is 0. The molecule has 1 aliphatic heterocycles. The van der Waals surface area contributed by atoms with Crippen molar-refractivity contribution < 1.29 is 4.74 Å². The summed E-state index contributed by atoms with van der Waals surface area (Å²) in [5.74, 6) is 0.952. The van der Waals surface area contributed by atoms with Crippen LogP contribution in [0.2, 0.25) is 0 Å². The van der Waals surface area contributed by atoms with E-state index in [-0.39, 0.29) is 0 Å². The van der Waals surface area contributed by atoms with Crippen LogP contribution in [-0.2, 0) is 6.54 Å². The summed E-state index contributed by atoms with van der Waals surface area (Å²) in [4.78, 5) is 2.49. The number of hydrogen-bond acceptors (Lipinski definition) is 3. The molecule has 1 aromatic rings. The smallest absolute Gasteiger partial charge is 0.119 e. The highest BCUT2D eigenvalue weighted by atomic mass is 16.5. The first-order chi connectivity index (χ1) is 9.38. The average Bonchev–Trinajstić information content (AvgIpc) is 2.92. The fourth-order valence-electron chi connectivity index (χ4n) is 2.43. The Kier molecular flexibility index (Phi) is 5.71. The van der Waals surface area contributed by atoms with Crippen LogP contribution in [0.4, 0.5) is 0 Å². The molecule has 102 valence electrons. The second kappa shape index (κ2) is 7.81. The van der Waals surface area contributed by atoms with Crippen LogP contribution in [0, 0.1) is 11.3 Å². The number of nitrogens with zero attached hydrogens (tertiary/aromatic N) is 2. The predicted molar refractivity (Wildman–Crippen MR) is 75.9 cm³/mol. The van der Waals surface area contributed by atoms with Crippen molar-refractivity contribution in [3.05, 3.63) is 29.8 Å². The monoisotopic (exact) mass is 258 g/mol. The Balaban J connectivity index is 1.76. The van der Waals surface area contributed by atoms with Crippen molar-refractivity contribution in [2.24, 2.45) is 0 Å². The van der Waals surface area contributed by atoms with Gasteiger partial charge >= 0.3 is 0 Å². The van der Waals surface area contributed by atoms with Gasteiger partial charge in [0, 0.05) is 13.0 Å². The zero-order valence-electron chi connectivity index (χ0n) is 11.5. The van der Waals surface area contributed by atoms with Gasteiger partial charge in [-0.25, -0.2) is 0 Å². The van der Waals surface area contributed by atoms with Gasteiger partial charge in [-0.1, -0.05) is 12.1 Å².